The minimum absolute atomic E-state index is 0. The number of rotatable bonds is 7. The summed E-state index contributed by atoms with van der Waals surface area (Å²) in [6.07, 6.45) is 3.12. The highest BCUT2D eigenvalue weighted by atomic mass is 127. The molecule has 0 amide bonds. The summed E-state index contributed by atoms with van der Waals surface area (Å²) in [6.45, 7) is 8.59. The third kappa shape index (κ3) is 5.88. The second kappa shape index (κ2) is 9.82. The van der Waals surface area contributed by atoms with Gasteiger partial charge in [0.05, 0.1) is 17.2 Å². The monoisotopic (exact) mass is 502 g/mol. The molecule has 2 N–H and O–H groups in total. The zero-order valence-electron chi connectivity index (χ0n) is 16.1. The lowest BCUT2D eigenvalue weighted by Gasteiger charge is -2.16. The number of hydrogen-bond donors (Lipinski definition) is 2. The van der Waals surface area contributed by atoms with Gasteiger partial charge in [0.25, 0.3) is 0 Å². The Labute approximate surface area is 182 Å². The van der Waals surface area contributed by atoms with Crippen LogP contribution in [0.25, 0.3) is 0 Å². The molecule has 1 fully saturated rings. The molecule has 0 radical (unpaired) electrons. The Morgan fingerprint density at radius 2 is 1.93 bits per heavy atom. The SMILES string of the molecule is CCNC(=NCC1(c2ccc(F)cc2)CC1)NCCc1nc(C)c(C)s1.I. The zero-order chi connectivity index (χ0) is 18.6. The standard InChI is InChI=1S/C20H27FN4S.HI/c1-4-22-19(23-12-9-18-25-14(2)15(3)26-18)24-13-20(10-11-20)16-5-7-17(21)8-6-16;/h5-8H,4,9-13H2,1-3H3,(H2,22,23,24);1H. The lowest BCUT2D eigenvalue weighted by Crippen LogP contribution is -2.39. The maximum atomic E-state index is 13.2. The molecule has 27 heavy (non-hydrogen) atoms. The van der Waals surface area contributed by atoms with Crippen LogP contribution in [0.2, 0.25) is 0 Å². The minimum Gasteiger partial charge on any atom is -0.357 e. The van der Waals surface area contributed by atoms with E-state index in [1.165, 1.54) is 10.4 Å². The average molecular weight is 502 g/mol. The van der Waals surface area contributed by atoms with E-state index in [9.17, 15) is 4.39 Å². The summed E-state index contributed by atoms with van der Waals surface area (Å²) in [6, 6.07) is 6.87. The molecule has 0 bridgehead atoms. The van der Waals surface area contributed by atoms with Crippen LogP contribution in [-0.4, -0.2) is 30.6 Å². The molecule has 0 aliphatic heterocycles. The summed E-state index contributed by atoms with van der Waals surface area (Å²) >= 11 is 1.76. The van der Waals surface area contributed by atoms with Gasteiger partial charge in [-0.2, -0.15) is 0 Å². The predicted molar refractivity (Wildman–Crippen MR) is 122 cm³/mol. The number of benzene rings is 1. The van der Waals surface area contributed by atoms with Gasteiger partial charge in [-0.25, -0.2) is 9.37 Å². The molecule has 2 aromatic rings. The molecule has 0 atom stereocenters. The molecule has 4 nitrogen and oxygen atoms in total. The molecule has 1 aromatic carbocycles. The van der Waals surface area contributed by atoms with Crippen molar-refractivity contribution in [3.63, 3.8) is 0 Å². The fourth-order valence-electron chi connectivity index (χ4n) is 3.00. The number of aromatic nitrogens is 1. The summed E-state index contributed by atoms with van der Waals surface area (Å²) in [5, 5.41) is 7.87. The quantitative estimate of drug-likeness (QED) is 0.337. The van der Waals surface area contributed by atoms with Crippen molar-refractivity contribution in [3.05, 3.63) is 51.2 Å². The number of aryl methyl sites for hydroxylation is 2. The van der Waals surface area contributed by atoms with Crippen LogP contribution in [0, 0.1) is 19.7 Å². The van der Waals surface area contributed by atoms with E-state index in [0.717, 1.165) is 55.6 Å². The topological polar surface area (TPSA) is 49.3 Å². The number of hydrogen-bond acceptors (Lipinski definition) is 3. The Hall–Kier alpha value is -1.22. The highest BCUT2D eigenvalue weighted by Crippen LogP contribution is 2.48. The van der Waals surface area contributed by atoms with E-state index >= 15 is 0 Å². The van der Waals surface area contributed by atoms with Crippen molar-refractivity contribution < 1.29 is 4.39 Å². The van der Waals surface area contributed by atoms with Crippen LogP contribution in [0.4, 0.5) is 4.39 Å². The van der Waals surface area contributed by atoms with E-state index in [2.05, 4.69) is 36.4 Å². The molecule has 1 saturated carbocycles. The van der Waals surface area contributed by atoms with E-state index in [0.29, 0.717) is 0 Å². The Morgan fingerprint density at radius 1 is 1.22 bits per heavy atom. The first-order valence-electron chi connectivity index (χ1n) is 9.23. The number of aliphatic imine (C=N–C) groups is 1. The van der Waals surface area contributed by atoms with Gasteiger partial charge in [-0.1, -0.05) is 12.1 Å². The second-order valence-corrected chi connectivity index (χ2v) is 8.20. The van der Waals surface area contributed by atoms with E-state index in [1.807, 2.05) is 12.1 Å². The van der Waals surface area contributed by atoms with Crippen molar-refractivity contribution in [2.45, 2.75) is 45.4 Å². The molecule has 1 aliphatic carbocycles. The summed E-state index contributed by atoms with van der Waals surface area (Å²) in [5.41, 5.74) is 2.40. The van der Waals surface area contributed by atoms with Crippen LogP contribution in [0.15, 0.2) is 29.3 Å². The van der Waals surface area contributed by atoms with Gasteiger partial charge in [0.2, 0.25) is 0 Å². The first-order valence-corrected chi connectivity index (χ1v) is 10.1. The Kier molecular flexibility index (Phi) is 8.03. The summed E-state index contributed by atoms with van der Waals surface area (Å²) < 4.78 is 13.2. The Morgan fingerprint density at radius 3 is 2.48 bits per heavy atom. The molecule has 3 rings (SSSR count). The molecule has 148 valence electrons. The fourth-order valence-corrected chi connectivity index (χ4v) is 3.93. The maximum absolute atomic E-state index is 13.2. The van der Waals surface area contributed by atoms with Crippen molar-refractivity contribution in [2.75, 3.05) is 19.6 Å². The molecular formula is C20H28FIN4S. The number of nitrogens with zero attached hydrogens (tertiary/aromatic N) is 2. The van der Waals surface area contributed by atoms with E-state index < -0.39 is 0 Å². The predicted octanol–water partition coefficient (Wildman–Crippen LogP) is 4.35. The van der Waals surface area contributed by atoms with E-state index in [1.54, 1.807) is 23.5 Å². The molecule has 0 unspecified atom stereocenters. The number of guanidine groups is 1. The normalized spacial score (nSPS) is 15.2. The first kappa shape index (κ1) is 22.1. The number of halogens is 2. The third-order valence-electron chi connectivity index (χ3n) is 4.90. The molecule has 0 spiro atoms. The van der Waals surface area contributed by atoms with Crippen molar-refractivity contribution in [1.29, 1.82) is 0 Å². The van der Waals surface area contributed by atoms with Gasteiger partial charge in [-0.15, -0.1) is 35.3 Å². The van der Waals surface area contributed by atoms with Crippen LogP contribution in [0.3, 0.4) is 0 Å². The van der Waals surface area contributed by atoms with Gasteiger partial charge in [0, 0.05) is 29.8 Å². The van der Waals surface area contributed by atoms with Crippen LogP contribution >= 0.6 is 35.3 Å². The third-order valence-corrected chi connectivity index (χ3v) is 6.03. The largest absolute Gasteiger partial charge is 0.357 e. The molecule has 0 saturated heterocycles. The van der Waals surface area contributed by atoms with Gasteiger partial charge in [-0.3, -0.25) is 4.99 Å². The zero-order valence-corrected chi connectivity index (χ0v) is 19.3. The second-order valence-electron chi connectivity index (χ2n) is 6.91. The van der Waals surface area contributed by atoms with Crippen molar-refractivity contribution in [2.24, 2.45) is 4.99 Å². The lowest BCUT2D eigenvalue weighted by molar-refractivity contribution is 0.623. The van der Waals surface area contributed by atoms with Crippen LogP contribution in [0.5, 0.6) is 0 Å². The summed E-state index contributed by atoms with van der Waals surface area (Å²) in [4.78, 5) is 10.7. The molecule has 7 heteroatoms. The van der Waals surface area contributed by atoms with Crippen molar-refractivity contribution in [1.82, 2.24) is 15.6 Å². The Bertz CT molecular complexity index is 749. The highest BCUT2D eigenvalue weighted by Gasteiger charge is 2.44. The molecule has 1 heterocycles. The van der Waals surface area contributed by atoms with Gasteiger partial charge in [0.15, 0.2) is 5.96 Å². The van der Waals surface area contributed by atoms with Crippen molar-refractivity contribution >= 4 is 41.3 Å². The Balaban J connectivity index is 0.00000261. The van der Waals surface area contributed by atoms with Gasteiger partial charge >= 0.3 is 0 Å². The summed E-state index contributed by atoms with van der Waals surface area (Å²) in [7, 11) is 0. The number of thiazole rings is 1. The lowest BCUT2D eigenvalue weighted by atomic mass is 9.96. The van der Waals surface area contributed by atoms with Crippen LogP contribution in [-0.2, 0) is 11.8 Å². The van der Waals surface area contributed by atoms with Gasteiger partial charge < -0.3 is 10.6 Å². The number of nitrogens with one attached hydrogen (secondary N) is 2. The average Bonchev–Trinajstić information content (AvgIpc) is 3.34. The van der Waals surface area contributed by atoms with Gasteiger partial charge in [-0.05, 0) is 51.3 Å². The smallest absolute Gasteiger partial charge is 0.191 e. The highest BCUT2D eigenvalue weighted by molar-refractivity contribution is 14.0. The van der Waals surface area contributed by atoms with Gasteiger partial charge in [0.1, 0.15) is 5.82 Å². The first-order chi connectivity index (χ1) is 12.5. The van der Waals surface area contributed by atoms with E-state index in [-0.39, 0.29) is 35.2 Å². The maximum Gasteiger partial charge on any atom is 0.191 e. The minimum atomic E-state index is -0.185. The summed E-state index contributed by atoms with van der Waals surface area (Å²) in [5.74, 6) is 0.654. The van der Waals surface area contributed by atoms with E-state index in [4.69, 9.17) is 4.99 Å². The molecule has 1 aliphatic rings. The van der Waals surface area contributed by atoms with Crippen molar-refractivity contribution in [3.8, 4) is 0 Å². The molecule has 1 aromatic heterocycles. The molecular weight excluding hydrogens is 474 g/mol. The van der Waals surface area contributed by atoms with Crippen LogP contribution in [0.1, 0.15) is 40.9 Å². The fraction of sp³-hybridized carbons (Fsp3) is 0.500. The van der Waals surface area contributed by atoms with Crippen LogP contribution < -0.4 is 10.6 Å².